The summed E-state index contributed by atoms with van der Waals surface area (Å²) in [6, 6.07) is 7.87. The van der Waals surface area contributed by atoms with Gasteiger partial charge in [-0.2, -0.15) is 0 Å². The molecule has 9 heteroatoms. The summed E-state index contributed by atoms with van der Waals surface area (Å²) in [5, 5.41) is 6.42. The van der Waals surface area contributed by atoms with E-state index in [2.05, 4.69) is 30.4 Å². The third-order valence-electron chi connectivity index (χ3n) is 5.37. The summed E-state index contributed by atoms with van der Waals surface area (Å²) in [7, 11) is 0. The van der Waals surface area contributed by atoms with Crippen molar-refractivity contribution >= 4 is 29.4 Å². The van der Waals surface area contributed by atoms with Crippen molar-refractivity contribution in [2.24, 2.45) is 5.92 Å². The first-order chi connectivity index (χ1) is 15.4. The molecule has 1 aromatic carbocycles. The number of hydrogen-bond donors (Lipinski definition) is 2. The first-order valence-electron chi connectivity index (χ1n) is 11.0. The lowest BCUT2D eigenvalue weighted by Crippen LogP contribution is -2.51. The van der Waals surface area contributed by atoms with Crippen LogP contribution in [0.1, 0.15) is 30.6 Å². The van der Waals surface area contributed by atoms with Gasteiger partial charge < -0.3 is 15.5 Å². The molecule has 2 N–H and O–H groups in total. The second-order valence-corrected chi connectivity index (χ2v) is 8.77. The average molecular weight is 459 g/mol. The fourth-order valence-corrected chi connectivity index (χ4v) is 3.76. The first kappa shape index (κ1) is 23.9. The summed E-state index contributed by atoms with van der Waals surface area (Å²) in [6.07, 6.45) is 4.08. The summed E-state index contributed by atoms with van der Waals surface area (Å²) < 4.78 is 0. The molecule has 3 rings (SSSR count). The average Bonchev–Trinajstić information content (AvgIpc) is 2.79. The van der Waals surface area contributed by atoms with Gasteiger partial charge in [0.25, 0.3) is 5.91 Å². The summed E-state index contributed by atoms with van der Waals surface area (Å²) in [5.41, 5.74) is 0.483. The minimum atomic E-state index is -0.578. The highest BCUT2D eigenvalue weighted by atomic mass is 35.5. The second-order valence-electron chi connectivity index (χ2n) is 8.33. The molecule has 32 heavy (non-hydrogen) atoms. The summed E-state index contributed by atoms with van der Waals surface area (Å²) in [5.74, 6) is 0.594. The third kappa shape index (κ3) is 7.17. The zero-order valence-corrected chi connectivity index (χ0v) is 19.4. The molecule has 2 aromatic rings. The van der Waals surface area contributed by atoms with Crippen LogP contribution in [0.5, 0.6) is 0 Å². The van der Waals surface area contributed by atoms with Gasteiger partial charge in [-0.25, -0.2) is 9.97 Å². The molecule has 0 spiro atoms. The van der Waals surface area contributed by atoms with Crippen molar-refractivity contribution in [3.63, 3.8) is 0 Å². The number of aromatic nitrogens is 2. The van der Waals surface area contributed by atoms with Crippen LogP contribution in [-0.4, -0.2) is 72.0 Å². The lowest BCUT2D eigenvalue weighted by molar-refractivity contribution is -0.123. The largest absolute Gasteiger partial charge is 0.353 e. The number of rotatable bonds is 9. The van der Waals surface area contributed by atoms with Crippen LogP contribution in [0.4, 0.5) is 5.95 Å². The van der Waals surface area contributed by atoms with Crippen LogP contribution in [0, 0.1) is 5.92 Å². The normalized spacial score (nSPS) is 15.4. The number of anilines is 1. The molecule has 1 unspecified atom stereocenters. The number of benzene rings is 1. The van der Waals surface area contributed by atoms with Crippen LogP contribution in [0.3, 0.4) is 0 Å². The third-order valence-corrected chi connectivity index (χ3v) is 5.62. The molecule has 0 bridgehead atoms. The molecule has 1 aliphatic heterocycles. The lowest BCUT2D eigenvalue weighted by atomic mass is 10.0. The Labute approximate surface area is 194 Å². The Morgan fingerprint density at radius 3 is 2.34 bits per heavy atom. The van der Waals surface area contributed by atoms with Crippen molar-refractivity contribution in [3.05, 3.63) is 53.3 Å². The zero-order chi connectivity index (χ0) is 22.9. The van der Waals surface area contributed by atoms with Crippen LogP contribution in [0.25, 0.3) is 0 Å². The molecule has 0 radical (unpaired) electrons. The van der Waals surface area contributed by atoms with E-state index in [9.17, 15) is 9.59 Å². The van der Waals surface area contributed by atoms with Gasteiger partial charge in [0.2, 0.25) is 11.9 Å². The second kappa shape index (κ2) is 11.8. The van der Waals surface area contributed by atoms with E-state index in [1.54, 1.807) is 36.7 Å². The van der Waals surface area contributed by atoms with E-state index in [0.717, 1.165) is 38.7 Å². The van der Waals surface area contributed by atoms with E-state index >= 15 is 0 Å². The van der Waals surface area contributed by atoms with E-state index in [4.69, 9.17) is 11.6 Å². The zero-order valence-electron chi connectivity index (χ0n) is 18.6. The highest BCUT2D eigenvalue weighted by molar-refractivity contribution is 6.30. The maximum absolute atomic E-state index is 12.8. The fraction of sp³-hybridized carbons (Fsp3) is 0.478. The van der Waals surface area contributed by atoms with Crippen LogP contribution in [0.2, 0.25) is 5.02 Å². The molecule has 2 heterocycles. The van der Waals surface area contributed by atoms with E-state index in [1.807, 2.05) is 19.9 Å². The topological polar surface area (TPSA) is 90.5 Å². The van der Waals surface area contributed by atoms with Gasteiger partial charge in [0.1, 0.15) is 6.04 Å². The van der Waals surface area contributed by atoms with E-state index in [1.165, 1.54) is 0 Å². The van der Waals surface area contributed by atoms with Crippen LogP contribution in [0.15, 0.2) is 42.7 Å². The van der Waals surface area contributed by atoms with Crippen molar-refractivity contribution < 1.29 is 9.59 Å². The number of hydrogen-bond acceptors (Lipinski definition) is 6. The molecule has 1 atom stereocenters. The van der Waals surface area contributed by atoms with Gasteiger partial charge in [0.05, 0.1) is 0 Å². The monoisotopic (exact) mass is 458 g/mol. The van der Waals surface area contributed by atoms with Crippen molar-refractivity contribution in [2.75, 3.05) is 44.2 Å². The summed E-state index contributed by atoms with van der Waals surface area (Å²) >= 11 is 5.89. The maximum atomic E-state index is 12.8. The van der Waals surface area contributed by atoms with Crippen molar-refractivity contribution in [2.45, 2.75) is 26.3 Å². The molecule has 1 fully saturated rings. The summed E-state index contributed by atoms with van der Waals surface area (Å²) in [6.45, 7) is 8.83. The van der Waals surface area contributed by atoms with Crippen LogP contribution in [-0.2, 0) is 4.79 Å². The van der Waals surface area contributed by atoms with Gasteiger partial charge in [0, 0.05) is 62.2 Å². The minimum absolute atomic E-state index is 0.155. The number of carbonyl (C=O) groups is 2. The highest BCUT2D eigenvalue weighted by Gasteiger charge is 2.23. The molecule has 8 nitrogen and oxygen atoms in total. The Morgan fingerprint density at radius 1 is 1.06 bits per heavy atom. The SMILES string of the molecule is CC(C)CC(NC(=O)c1ccc(Cl)cc1)C(=O)NCCN1CCN(c2ncccn2)CC1. The summed E-state index contributed by atoms with van der Waals surface area (Å²) in [4.78, 5) is 38.4. The highest BCUT2D eigenvalue weighted by Crippen LogP contribution is 2.12. The standard InChI is InChI=1S/C23H31ClN6O2/c1-17(2)16-20(28-21(31)18-4-6-19(24)7-5-18)22(32)25-10-11-29-12-14-30(15-13-29)23-26-8-3-9-27-23/h3-9,17,20H,10-16H2,1-2H3,(H,25,32)(H,28,31). The first-order valence-corrected chi connectivity index (χ1v) is 11.4. The molecule has 1 aromatic heterocycles. The Kier molecular flexibility index (Phi) is 8.81. The van der Waals surface area contributed by atoms with Crippen molar-refractivity contribution in [1.82, 2.24) is 25.5 Å². The fourth-order valence-electron chi connectivity index (χ4n) is 3.63. The lowest BCUT2D eigenvalue weighted by Gasteiger charge is -2.34. The van der Waals surface area contributed by atoms with Crippen LogP contribution < -0.4 is 15.5 Å². The maximum Gasteiger partial charge on any atom is 0.251 e. The molecule has 1 aliphatic rings. The molecule has 2 amide bonds. The number of nitrogens with one attached hydrogen (secondary N) is 2. The van der Waals surface area contributed by atoms with Gasteiger partial charge in [0.15, 0.2) is 0 Å². The van der Waals surface area contributed by atoms with E-state index in [-0.39, 0.29) is 17.7 Å². The smallest absolute Gasteiger partial charge is 0.251 e. The minimum Gasteiger partial charge on any atom is -0.353 e. The number of amides is 2. The Balaban J connectivity index is 1.44. The van der Waals surface area contributed by atoms with Crippen LogP contribution >= 0.6 is 11.6 Å². The number of piperazine rings is 1. The number of halogens is 1. The molecule has 0 aliphatic carbocycles. The van der Waals surface area contributed by atoms with Gasteiger partial charge in [-0.1, -0.05) is 25.4 Å². The molecular formula is C23H31ClN6O2. The molecule has 0 saturated carbocycles. The van der Waals surface area contributed by atoms with Gasteiger partial charge in [-0.05, 0) is 42.7 Å². The van der Waals surface area contributed by atoms with E-state index in [0.29, 0.717) is 23.6 Å². The predicted octanol–water partition coefficient (Wildman–Crippen LogP) is 2.21. The van der Waals surface area contributed by atoms with E-state index < -0.39 is 6.04 Å². The number of carbonyl (C=O) groups excluding carboxylic acids is 2. The van der Waals surface area contributed by atoms with Gasteiger partial charge in [-0.3, -0.25) is 14.5 Å². The molecule has 172 valence electrons. The Morgan fingerprint density at radius 2 is 1.72 bits per heavy atom. The van der Waals surface area contributed by atoms with Gasteiger partial charge in [-0.15, -0.1) is 0 Å². The predicted molar refractivity (Wildman–Crippen MR) is 126 cm³/mol. The molecular weight excluding hydrogens is 428 g/mol. The number of nitrogens with zero attached hydrogens (tertiary/aromatic N) is 4. The quantitative estimate of drug-likeness (QED) is 0.598. The Bertz CT molecular complexity index is 870. The van der Waals surface area contributed by atoms with Crippen molar-refractivity contribution in [3.8, 4) is 0 Å². The van der Waals surface area contributed by atoms with Crippen molar-refractivity contribution in [1.29, 1.82) is 0 Å². The molecule has 1 saturated heterocycles. The Hall–Kier alpha value is -2.71. The van der Waals surface area contributed by atoms with Gasteiger partial charge >= 0.3 is 0 Å².